The Morgan fingerprint density at radius 2 is 2.00 bits per heavy atom. The third-order valence-corrected chi connectivity index (χ3v) is 5.29. The summed E-state index contributed by atoms with van der Waals surface area (Å²) in [4.78, 5) is 21.4. The Kier molecular flexibility index (Phi) is 6.82. The van der Waals surface area contributed by atoms with Crippen molar-refractivity contribution in [3.05, 3.63) is 46.1 Å². The molecule has 2 aromatic rings. The number of nitrogens with two attached hydrogens (primary N) is 1. The SMILES string of the molecule is CN(C)c1cccc(CNc2ncc([N+](=O)[O-])c(NC[C@H]3CC[C@H](N)CC3)n2)c1. The number of hydrogen-bond donors (Lipinski definition) is 3. The summed E-state index contributed by atoms with van der Waals surface area (Å²) in [5, 5.41) is 17.7. The highest BCUT2D eigenvalue weighted by molar-refractivity contribution is 5.57. The zero-order valence-electron chi connectivity index (χ0n) is 17.0. The largest absolute Gasteiger partial charge is 0.378 e. The molecule has 0 saturated heterocycles. The highest BCUT2D eigenvalue weighted by Gasteiger charge is 2.21. The van der Waals surface area contributed by atoms with Crippen molar-refractivity contribution in [3.8, 4) is 0 Å². The third kappa shape index (κ3) is 5.77. The van der Waals surface area contributed by atoms with E-state index in [-0.39, 0.29) is 17.5 Å². The summed E-state index contributed by atoms with van der Waals surface area (Å²) in [7, 11) is 3.98. The molecule has 9 nitrogen and oxygen atoms in total. The van der Waals surface area contributed by atoms with Gasteiger partial charge in [0.15, 0.2) is 0 Å². The maximum Gasteiger partial charge on any atom is 0.329 e. The van der Waals surface area contributed by atoms with E-state index in [9.17, 15) is 10.1 Å². The summed E-state index contributed by atoms with van der Waals surface area (Å²) in [6, 6.07) is 8.39. The van der Waals surface area contributed by atoms with E-state index in [0.29, 0.717) is 25.0 Å². The molecule has 1 saturated carbocycles. The molecule has 3 rings (SSSR count). The molecule has 29 heavy (non-hydrogen) atoms. The van der Waals surface area contributed by atoms with E-state index in [4.69, 9.17) is 5.73 Å². The molecule has 1 aliphatic rings. The van der Waals surface area contributed by atoms with Crippen LogP contribution in [0.2, 0.25) is 0 Å². The van der Waals surface area contributed by atoms with Gasteiger partial charge in [0, 0.05) is 38.9 Å². The molecule has 1 aliphatic carbocycles. The van der Waals surface area contributed by atoms with Gasteiger partial charge in [-0.25, -0.2) is 4.98 Å². The van der Waals surface area contributed by atoms with Gasteiger partial charge in [-0.2, -0.15) is 4.98 Å². The maximum absolute atomic E-state index is 11.4. The average Bonchev–Trinajstić information content (AvgIpc) is 2.72. The fourth-order valence-corrected chi connectivity index (χ4v) is 3.48. The van der Waals surface area contributed by atoms with Crippen LogP contribution in [-0.4, -0.2) is 41.6 Å². The van der Waals surface area contributed by atoms with Crippen LogP contribution in [-0.2, 0) is 6.54 Å². The van der Waals surface area contributed by atoms with E-state index >= 15 is 0 Å². The second-order valence-corrected chi connectivity index (χ2v) is 7.76. The predicted molar refractivity (Wildman–Crippen MR) is 115 cm³/mol. The molecule has 0 atom stereocenters. The Hall–Kier alpha value is -2.94. The lowest BCUT2D eigenvalue weighted by Gasteiger charge is -2.26. The molecule has 156 valence electrons. The normalized spacial score (nSPS) is 18.9. The Labute approximate surface area is 170 Å². The van der Waals surface area contributed by atoms with E-state index < -0.39 is 4.92 Å². The molecule has 0 bridgehead atoms. The summed E-state index contributed by atoms with van der Waals surface area (Å²) in [5.74, 6) is 1.07. The van der Waals surface area contributed by atoms with Crippen LogP contribution in [0.1, 0.15) is 31.2 Å². The minimum absolute atomic E-state index is 0.113. The Morgan fingerprint density at radius 1 is 1.24 bits per heavy atom. The van der Waals surface area contributed by atoms with Gasteiger partial charge >= 0.3 is 5.69 Å². The van der Waals surface area contributed by atoms with Crippen molar-refractivity contribution in [1.29, 1.82) is 0 Å². The number of nitrogens with zero attached hydrogens (tertiary/aromatic N) is 4. The zero-order valence-corrected chi connectivity index (χ0v) is 17.0. The van der Waals surface area contributed by atoms with E-state index in [2.05, 4.69) is 26.7 Å². The van der Waals surface area contributed by atoms with Crippen LogP contribution in [0.15, 0.2) is 30.5 Å². The van der Waals surface area contributed by atoms with Crippen molar-refractivity contribution in [2.45, 2.75) is 38.3 Å². The van der Waals surface area contributed by atoms with Gasteiger partial charge in [0.2, 0.25) is 11.8 Å². The highest BCUT2D eigenvalue weighted by atomic mass is 16.6. The molecule has 4 N–H and O–H groups in total. The summed E-state index contributed by atoms with van der Waals surface area (Å²) >= 11 is 0. The quantitative estimate of drug-likeness (QED) is 0.457. The number of anilines is 3. The molecular weight excluding hydrogens is 370 g/mol. The minimum atomic E-state index is -0.455. The zero-order chi connectivity index (χ0) is 20.8. The molecule has 1 heterocycles. The third-order valence-electron chi connectivity index (χ3n) is 5.29. The fourth-order valence-electron chi connectivity index (χ4n) is 3.48. The number of hydrogen-bond acceptors (Lipinski definition) is 8. The highest BCUT2D eigenvalue weighted by Crippen LogP contribution is 2.26. The predicted octanol–water partition coefficient (Wildman–Crippen LogP) is 2.99. The summed E-state index contributed by atoms with van der Waals surface area (Å²) in [6.07, 6.45) is 5.31. The van der Waals surface area contributed by atoms with Crippen LogP contribution in [0.5, 0.6) is 0 Å². The van der Waals surface area contributed by atoms with E-state index in [1.807, 2.05) is 37.2 Å². The molecule has 0 radical (unpaired) electrons. The van der Waals surface area contributed by atoms with Crippen molar-refractivity contribution < 1.29 is 4.92 Å². The smallest absolute Gasteiger partial charge is 0.329 e. The Morgan fingerprint density at radius 3 is 2.69 bits per heavy atom. The first kappa shape index (κ1) is 20.8. The number of nitro groups is 1. The van der Waals surface area contributed by atoms with Crippen molar-refractivity contribution in [3.63, 3.8) is 0 Å². The standard InChI is InChI=1S/C20H29N7O2/c1-26(2)17-5-3-4-15(10-17)12-23-20-24-13-18(27(28)29)19(25-20)22-11-14-6-8-16(21)9-7-14/h3-5,10,13-14,16H,6-9,11-12,21H2,1-2H3,(H2,22,23,24,25)/t14-,16-. The first-order chi connectivity index (χ1) is 13.9. The molecule has 9 heteroatoms. The van der Waals surface area contributed by atoms with Crippen LogP contribution in [0, 0.1) is 16.0 Å². The second kappa shape index (κ2) is 9.51. The van der Waals surface area contributed by atoms with Crippen LogP contribution in [0.4, 0.5) is 23.1 Å². The minimum Gasteiger partial charge on any atom is -0.378 e. The fraction of sp³-hybridized carbons (Fsp3) is 0.500. The maximum atomic E-state index is 11.4. The summed E-state index contributed by atoms with van der Waals surface area (Å²) in [6.45, 7) is 1.17. The number of benzene rings is 1. The summed E-state index contributed by atoms with van der Waals surface area (Å²) < 4.78 is 0. The summed E-state index contributed by atoms with van der Waals surface area (Å²) in [5.41, 5.74) is 8.02. The number of rotatable bonds is 8. The van der Waals surface area contributed by atoms with Gasteiger partial charge in [-0.1, -0.05) is 12.1 Å². The van der Waals surface area contributed by atoms with Gasteiger partial charge in [-0.05, 0) is 49.3 Å². The van der Waals surface area contributed by atoms with Gasteiger partial charge in [-0.15, -0.1) is 0 Å². The van der Waals surface area contributed by atoms with Gasteiger partial charge in [0.25, 0.3) is 0 Å². The van der Waals surface area contributed by atoms with Crippen molar-refractivity contribution in [2.24, 2.45) is 11.7 Å². The molecule has 0 aliphatic heterocycles. The van der Waals surface area contributed by atoms with Gasteiger partial charge < -0.3 is 21.3 Å². The lowest BCUT2D eigenvalue weighted by atomic mass is 9.86. The van der Waals surface area contributed by atoms with E-state index in [0.717, 1.165) is 36.9 Å². The van der Waals surface area contributed by atoms with E-state index in [1.165, 1.54) is 6.20 Å². The first-order valence-corrected chi connectivity index (χ1v) is 9.93. The molecular formula is C20H29N7O2. The van der Waals surface area contributed by atoms with Crippen molar-refractivity contribution in [2.75, 3.05) is 36.2 Å². The van der Waals surface area contributed by atoms with E-state index in [1.54, 1.807) is 0 Å². The Balaban J connectivity index is 1.66. The Bertz CT molecular complexity index is 835. The van der Waals surface area contributed by atoms with Crippen LogP contribution < -0.4 is 21.3 Å². The van der Waals surface area contributed by atoms with Gasteiger partial charge in [-0.3, -0.25) is 10.1 Å². The lowest BCUT2D eigenvalue weighted by molar-refractivity contribution is -0.384. The van der Waals surface area contributed by atoms with Crippen molar-refractivity contribution >= 4 is 23.1 Å². The molecule has 1 fully saturated rings. The molecule has 1 aromatic heterocycles. The average molecular weight is 399 g/mol. The van der Waals surface area contributed by atoms with Crippen molar-refractivity contribution in [1.82, 2.24) is 9.97 Å². The van der Waals surface area contributed by atoms with Gasteiger partial charge in [0.05, 0.1) is 4.92 Å². The van der Waals surface area contributed by atoms with Crippen LogP contribution in [0.3, 0.4) is 0 Å². The number of aromatic nitrogens is 2. The molecule has 0 amide bonds. The van der Waals surface area contributed by atoms with Crippen LogP contribution >= 0.6 is 0 Å². The molecule has 1 aromatic carbocycles. The number of nitrogens with one attached hydrogen (secondary N) is 2. The monoisotopic (exact) mass is 399 g/mol. The second-order valence-electron chi connectivity index (χ2n) is 7.76. The molecule has 0 unspecified atom stereocenters. The van der Waals surface area contributed by atoms with Crippen LogP contribution in [0.25, 0.3) is 0 Å². The first-order valence-electron chi connectivity index (χ1n) is 9.93. The van der Waals surface area contributed by atoms with Gasteiger partial charge in [0.1, 0.15) is 6.20 Å². The lowest BCUT2D eigenvalue weighted by Crippen LogP contribution is -2.29. The molecule has 0 spiro atoms. The topological polar surface area (TPSA) is 122 Å².